The lowest BCUT2D eigenvalue weighted by Crippen LogP contribution is -2.38. The van der Waals surface area contributed by atoms with Crippen LogP contribution in [0.2, 0.25) is 5.02 Å². The van der Waals surface area contributed by atoms with E-state index >= 15 is 0 Å². The van der Waals surface area contributed by atoms with E-state index in [4.69, 9.17) is 21.1 Å². The Labute approximate surface area is 113 Å². The molecule has 100 valence electrons. The number of nitrogens with one attached hydrogen (secondary N) is 1. The minimum atomic E-state index is 0.167. The molecule has 1 fully saturated rings. The molecule has 0 aliphatic carbocycles. The Balaban J connectivity index is 1.86. The summed E-state index contributed by atoms with van der Waals surface area (Å²) in [5.41, 5.74) is 1.26. The second kappa shape index (κ2) is 7.10. The summed E-state index contributed by atoms with van der Waals surface area (Å²) in [5.74, 6) is 0. The maximum atomic E-state index is 5.90. The van der Waals surface area contributed by atoms with Crippen molar-refractivity contribution in [2.45, 2.75) is 25.5 Å². The van der Waals surface area contributed by atoms with E-state index in [1.165, 1.54) is 5.56 Å². The average Bonchev–Trinajstić information content (AvgIpc) is 2.42. The minimum Gasteiger partial charge on any atom is -0.376 e. The molecular formula is C14H20ClNO2. The van der Waals surface area contributed by atoms with Crippen molar-refractivity contribution in [3.8, 4) is 0 Å². The summed E-state index contributed by atoms with van der Waals surface area (Å²) in [6, 6.07) is 8.35. The van der Waals surface area contributed by atoms with Crippen LogP contribution in [0.15, 0.2) is 24.3 Å². The highest BCUT2D eigenvalue weighted by Gasteiger charge is 2.16. The molecule has 1 aliphatic rings. The second-order valence-corrected chi connectivity index (χ2v) is 4.92. The molecule has 0 aromatic heterocycles. The monoisotopic (exact) mass is 269 g/mol. The van der Waals surface area contributed by atoms with Gasteiger partial charge in [0.1, 0.15) is 0 Å². The summed E-state index contributed by atoms with van der Waals surface area (Å²) in [7, 11) is 0. The van der Waals surface area contributed by atoms with Gasteiger partial charge >= 0.3 is 0 Å². The van der Waals surface area contributed by atoms with Gasteiger partial charge in [-0.15, -0.1) is 0 Å². The first-order valence-corrected chi connectivity index (χ1v) is 6.85. The SMILES string of the molecule is CCC(NCC1COCCO1)c1ccc(Cl)cc1. The number of benzene rings is 1. The first-order chi connectivity index (χ1) is 8.79. The molecule has 0 spiro atoms. The van der Waals surface area contributed by atoms with E-state index < -0.39 is 0 Å². The largest absolute Gasteiger partial charge is 0.376 e. The molecule has 1 aromatic rings. The van der Waals surface area contributed by atoms with Gasteiger partial charge in [-0.1, -0.05) is 30.7 Å². The zero-order valence-corrected chi connectivity index (χ0v) is 11.5. The fraction of sp³-hybridized carbons (Fsp3) is 0.571. The van der Waals surface area contributed by atoms with Gasteiger partial charge in [0.2, 0.25) is 0 Å². The van der Waals surface area contributed by atoms with Gasteiger partial charge in [0.05, 0.1) is 25.9 Å². The summed E-state index contributed by atoms with van der Waals surface area (Å²) < 4.78 is 11.0. The van der Waals surface area contributed by atoms with Crippen molar-refractivity contribution in [3.05, 3.63) is 34.9 Å². The number of hydrogen-bond donors (Lipinski definition) is 1. The highest BCUT2D eigenvalue weighted by atomic mass is 35.5. The lowest BCUT2D eigenvalue weighted by Gasteiger charge is -2.26. The van der Waals surface area contributed by atoms with Crippen LogP contribution in [-0.2, 0) is 9.47 Å². The van der Waals surface area contributed by atoms with E-state index in [0.717, 1.165) is 18.0 Å². The van der Waals surface area contributed by atoms with Crippen LogP contribution in [0.1, 0.15) is 24.9 Å². The van der Waals surface area contributed by atoms with Crippen LogP contribution in [0.3, 0.4) is 0 Å². The maximum absolute atomic E-state index is 5.90. The molecule has 3 nitrogen and oxygen atoms in total. The Bertz CT molecular complexity index is 349. The third-order valence-corrected chi connectivity index (χ3v) is 3.41. The first-order valence-electron chi connectivity index (χ1n) is 6.47. The highest BCUT2D eigenvalue weighted by molar-refractivity contribution is 6.30. The third-order valence-electron chi connectivity index (χ3n) is 3.16. The smallest absolute Gasteiger partial charge is 0.0933 e. The lowest BCUT2D eigenvalue weighted by molar-refractivity contribution is -0.0871. The van der Waals surface area contributed by atoms with Crippen molar-refractivity contribution in [2.75, 3.05) is 26.4 Å². The predicted octanol–water partition coefficient (Wildman–Crippen LogP) is 2.80. The van der Waals surface area contributed by atoms with Crippen LogP contribution in [0.4, 0.5) is 0 Å². The van der Waals surface area contributed by atoms with Gasteiger partial charge in [-0.2, -0.15) is 0 Å². The minimum absolute atomic E-state index is 0.167. The van der Waals surface area contributed by atoms with E-state index in [1.54, 1.807) is 0 Å². The molecular weight excluding hydrogens is 250 g/mol. The molecule has 0 bridgehead atoms. The fourth-order valence-electron chi connectivity index (χ4n) is 2.12. The standard InChI is InChI=1S/C14H20ClNO2/c1-2-14(11-3-5-12(15)6-4-11)16-9-13-10-17-7-8-18-13/h3-6,13-14,16H,2,7-10H2,1H3. The molecule has 0 radical (unpaired) electrons. The maximum Gasteiger partial charge on any atom is 0.0933 e. The second-order valence-electron chi connectivity index (χ2n) is 4.49. The molecule has 18 heavy (non-hydrogen) atoms. The van der Waals surface area contributed by atoms with Gasteiger partial charge < -0.3 is 14.8 Å². The summed E-state index contributed by atoms with van der Waals surface area (Å²) in [6.45, 7) is 5.09. The molecule has 2 rings (SSSR count). The topological polar surface area (TPSA) is 30.5 Å². The summed E-state index contributed by atoms with van der Waals surface area (Å²) in [6.07, 6.45) is 1.20. The molecule has 1 N–H and O–H groups in total. The Kier molecular flexibility index (Phi) is 5.45. The number of hydrogen-bond acceptors (Lipinski definition) is 3. The number of halogens is 1. The van der Waals surface area contributed by atoms with E-state index in [0.29, 0.717) is 25.9 Å². The normalized spacial score (nSPS) is 21.8. The third kappa shape index (κ3) is 3.95. The predicted molar refractivity (Wildman–Crippen MR) is 73.0 cm³/mol. The van der Waals surface area contributed by atoms with Crippen LogP contribution in [-0.4, -0.2) is 32.5 Å². The number of ether oxygens (including phenoxy) is 2. The summed E-state index contributed by atoms with van der Waals surface area (Å²) in [4.78, 5) is 0. The quantitative estimate of drug-likeness (QED) is 0.892. The van der Waals surface area contributed by atoms with Crippen LogP contribution in [0.25, 0.3) is 0 Å². The van der Waals surface area contributed by atoms with Crippen molar-refractivity contribution in [2.24, 2.45) is 0 Å². The molecule has 4 heteroatoms. The van der Waals surface area contributed by atoms with Crippen LogP contribution < -0.4 is 5.32 Å². The fourth-order valence-corrected chi connectivity index (χ4v) is 2.25. The van der Waals surface area contributed by atoms with E-state index in [2.05, 4.69) is 24.4 Å². The zero-order valence-electron chi connectivity index (χ0n) is 10.7. The molecule has 1 heterocycles. The van der Waals surface area contributed by atoms with Gasteiger partial charge in [-0.3, -0.25) is 0 Å². The van der Waals surface area contributed by atoms with E-state index in [9.17, 15) is 0 Å². The zero-order chi connectivity index (χ0) is 12.8. The van der Waals surface area contributed by atoms with E-state index in [1.807, 2.05) is 12.1 Å². The Morgan fingerprint density at radius 2 is 2.11 bits per heavy atom. The highest BCUT2D eigenvalue weighted by Crippen LogP contribution is 2.19. The number of rotatable bonds is 5. The molecule has 0 saturated carbocycles. The molecule has 1 aliphatic heterocycles. The van der Waals surface area contributed by atoms with Crippen molar-refractivity contribution in [1.82, 2.24) is 5.32 Å². The van der Waals surface area contributed by atoms with E-state index in [-0.39, 0.29) is 6.10 Å². The molecule has 1 aromatic carbocycles. The Morgan fingerprint density at radius 1 is 1.33 bits per heavy atom. The van der Waals surface area contributed by atoms with Crippen LogP contribution in [0.5, 0.6) is 0 Å². The van der Waals surface area contributed by atoms with Crippen LogP contribution in [0, 0.1) is 0 Å². The summed E-state index contributed by atoms with van der Waals surface area (Å²) in [5, 5.41) is 4.30. The van der Waals surface area contributed by atoms with Crippen molar-refractivity contribution in [3.63, 3.8) is 0 Å². The van der Waals surface area contributed by atoms with Gasteiger partial charge in [0.15, 0.2) is 0 Å². The molecule has 2 atom stereocenters. The Morgan fingerprint density at radius 3 is 2.72 bits per heavy atom. The summed E-state index contributed by atoms with van der Waals surface area (Å²) >= 11 is 5.90. The van der Waals surface area contributed by atoms with Crippen molar-refractivity contribution in [1.29, 1.82) is 0 Å². The molecule has 2 unspecified atom stereocenters. The van der Waals surface area contributed by atoms with Crippen LogP contribution >= 0.6 is 11.6 Å². The van der Waals surface area contributed by atoms with Crippen molar-refractivity contribution >= 4 is 11.6 Å². The van der Waals surface area contributed by atoms with Gasteiger partial charge in [0, 0.05) is 17.6 Å². The Hall–Kier alpha value is -0.610. The van der Waals surface area contributed by atoms with Gasteiger partial charge in [-0.05, 0) is 24.1 Å². The first kappa shape index (κ1) is 13.8. The molecule has 1 saturated heterocycles. The molecule has 0 amide bonds. The van der Waals surface area contributed by atoms with Crippen molar-refractivity contribution < 1.29 is 9.47 Å². The lowest BCUT2D eigenvalue weighted by atomic mass is 10.0. The average molecular weight is 270 g/mol. The van der Waals surface area contributed by atoms with Gasteiger partial charge in [-0.25, -0.2) is 0 Å². The van der Waals surface area contributed by atoms with Gasteiger partial charge in [0.25, 0.3) is 0 Å².